The smallest absolute Gasteiger partial charge is 0.251 e. The van der Waals surface area contributed by atoms with Crippen LogP contribution in [0.25, 0.3) is 5.69 Å². The Morgan fingerprint density at radius 3 is 2.38 bits per heavy atom. The van der Waals surface area contributed by atoms with E-state index in [0.717, 1.165) is 41.4 Å². The molecular formula is C20H27N3O. The lowest BCUT2D eigenvalue weighted by molar-refractivity contribution is 0.0921. The Morgan fingerprint density at radius 2 is 1.83 bits per heavy atom. The second-order valence-corrected chi connectivity index (χ2v) is 6.99. The third-order valence-electron chi connectivity index (χ3n) is 5.14. The summed E-state index contributed by atoms with van der Waals surface area (Å²) in [6, 6.07) is 10.1. The van der Waals surface area contributed by atoms with Crippen molar-refractivity contribution in [3.8, 4) is 5.69 Å². The molecule has 0 bridgehead atoms. The fourth-order valence-electron chi connectivity index (χ4n) is 3.63. The van der Waals surface area contributed by atoms with Crippen LogP contribution in [0.15, 0.2) is 30.3 Å². The minimum absolute atomic E-state index is 0.0369. The Kier molecular flexibility index (Phi) is 5.03. The minimum atomic E-state index is 0.0369. The third-order valence-corrected chi connectivity index (χ3v) is 5.14. The fourth-order valence-corrected chi connectivity index (χ4v) is 3.63. The van der Waals surface area contributed by atoms with E-state index in [9.17, 15) is 4.79 Å². The number of hydrogen-bond acceptors (Lipinski definition) is 2. The third kappa shape index (κ3) is 3.69. The van der Waals surface area contributed by atoms with E-state index in [1.807, 2.05) is 48.9 Å². The number of benzene rings is 1. The molecule has 1 amide bonds. The summed E-state index contributed by atoms with van der Waals surface area (Å²) >= 11 is 0. The molecule has 0 radical (unpaired) electrons. The summed E-state index contributed by atoms with van der Waals surface area (Å²) in [5, 5.41) is 7.67. The Balaban J connectivity index is 1.63. The number of nitrogens with zero attached hydrogens (tertiary/aromatic N) is 2. The molecule has 0 spiro atoms. The van der Waals surface area contributed by atoms with Crippen LogP contribution in [0.2, 0.25) is 0 Å². The quantitative estimate of drug-likeness (QED) is 0.916. The second-order valence-electron chi connectivity index (χ2n) is 6.99. The van der Waals surface area contributed by atoms with Crippen LogP contribution in [0.4, 0.5) is 0 Å². The van der Waals surface area contributed by atoms with Crippen LogP contribution in [0, 0.1) is 19.8 Å². The highest BCUT2D eigenvalue weighted by molar-refractivity contribution is 5.94. The van der Waals surface area contributed by atoms with Gasteiger partial charge in [-0.05, 0) is 75.8 Å². The van der Waals surface area contributed by atoms with Crippen LogP contribution in [-0.2, 0) is 0 Å². The van der Waals surface area contributed by atoms with Crippen molar-refractivity contribution in [1.82, 2.24) is 15.1 Å². The number of carbonyl (C=O) groups is 1. The molecule has 1 aromatic heterocycles. The van der Waals surface area contributed by atoms with E-state index in [1.165, 1.54) is 19.3 Å². The van der Waals surface area contributed by atoms with Crippen LogP contribution in [0.1, 0.15) is 60.8 Å². The van der Waals surface area contributed by atoms with Gasteiger partial charge in [-0.3, -0.25) is 4.79 Å². The zero-order valence-electron chi connectivity index (χ0n) is 14.9. The number of hydrogen-bond donors (Lipinski definition) is 1. The molecule has 0 saturated heterocycles. The maximum absolute atomic E-state index is 12.4. The van der Waals surface area contributed by atoms with Gasteiger partial charge in [-0.2, -0.15) is 5.10 Å². The molecule has 4 heteroatoms. The van der Waals surface area contributed by atoms with Gasteiger partial charge in [0.2, 0.25) is 0 Å². The molecule has 4 nitrogen and oxygen atoms in total. The van der Waals surface area contributed by atoms with E-state index >= 15 is 0 Å². The first-order valence-electron chi connectivity index (χ1n) is 9.01. The maximum Gasteiger partial charge on any atom is 0.251 e. The summed E-state index contributed by atoms with van der Waals surface area (Å²) in [5.74, 6) is 0.882. The van der Waals surface area contributed by atoms with Gasteiger partial charge < -0.3 is 5.32 Å². The summed E-state index contributed by atoms with van der Waals surface area (Å²) in [5.41, 5.74) is 3.80. The number of aryl methyl sites for hydroxylation is 2. The molecular weight excluding hydrogens is 298 g/mol. The Morgan fingerprint density at radius 1 is 1.17 bits per heavy atom. The average Bonchev–Trinajstić information content (AvgIpc) is 2.94. The molecule has 1 heterocycles. The van der Waals surface area contributed by atoms with Crippen molar-refractivity contribution < 1.29 is 4.79 Å². The van der Waals surface area contributed by atoms with Crippen molar-refractivity contribution >= 4 is 5.91 Å². The van der Waals surface area contributed by atoms with Gasteiger partial charge in [-0.15, -0.1) is 0 Å². The molecule has 1 aliphatic rings. The number of rotatable bonds is 4. The lowest BCUT2D eigenvalue weighted by atomic mass is 9.84. The van der Waals surface area contributed by atoms with Gasteiger partial charge in [-0.25, -0.2) is 4.68 Å². The lowest BCUT2D eigenvalue weighted by Crippen LogP contribution is -2.37. The van der Waals surface area contributed by atoms with E-state index in [2.05, 4.69) is 17.3 Å². The predicted octanol–water partition coefficient (Wildman–Crippen LogP) is 4.19. The van der Waals surface area contributed by atoms with Gasteiger partial charge in [0.05, 0.1) is 11.4 Å². The first-order chi connectivity index (χ1) is 11.6. The molecule has 0 atom stereocenters. The summed E-state index contributed by atoms with van der Waals surface area (Å²) < 4.78 is 1.91. The van der Waals surface area contributed by atoms with E-state index < -0.39 is 0 Å². The van der Waals surface area contributed by atoms with Gasteiger partial charge >= 0.3 is 0 Å². The molecule has 24 heavy (non-hydrogen) atoms. The van der Waals surface area contributed by atoms with Gasteiger partial charge in [0, 0.05) is 17.3 Å². The summed E-state index contributed by atoms with van der Waals surface area (Å²) in [6.45, 7) is 6.28. The van der Waals surface area contributed by atoms with E-state index in [0.29, 0.717) is 6.04 Å². The minimum Gasteiger partial charge on any atom is -0.349 e. The molecule has 1 aromatic carbocycles. The van der Waals surface area contributed by atoms with Gasteiger partial charge in [0.1, 0.15) is 0 Å². The van der Waals surface area contributed by atoms with E-state index in [1.54, 1.807) is 0 Å². The second kappa shape index (κ2) is 7.20. The largest absolute Gasteiger partial charge is 0.349 e. The first-order valence-corrected chi connectivity index (χ1v) is 9.01. The van der Waals surface area contributed by atoms with Crippen LogP contribution >= 0.6 is 0 Å². The number of nitrogens with one attached hydrogen (secondary N) is 1. The zero-order valence-corrected chi connectivity index (χ0v) is 14.9. The van der Waals surface area contributed by atoms with Gasteiger partial charge in [0.25, 0.3) is 5.91 Å². The molecule has 128 valence electrons. The maximum atomic E-state index is 12.4. The summed E-state index contributed by atoms with van der Waals surface area (Å²) in [7, 11) is 0. The topological polar surface area (TPSA) is 46.9 Å². The molecule has 1 fully saturated rings. The first kappa shape index (κ1) is 16.7. The standard InChI is InChI=1S/C20H27N3O/c1-4-16-5-9-18(10-6-16)21-20(24)17-7-11-19(12-8-17)23-15(3)13-14(2)22-23/h7-8,11-13,16,18H,4-6,9-10H2,1-3H3,(H,21,24). The number of carbonyl (C=O) groups excluding carboxylic acids is 1. The Bertz CT molecular complexity index is 694. The molecule has 0 unspecified atom stereocenters. The van der Waals surface area contributed by atoms with Crippen LogP contribution in [-0.4, -0.2) is 21.7 Å². The SMILES string of the molecule is CCC1CCC(NC(=O)c2ccc(-n3nc(C)cc3C)cc2)CC1. The highest BCUT2D eigenvalue weighted by atomic mass is 16.1. The zero-order chi connectivity index (χ0) is 17.1. The summed E-state index contributed by atoms with van der Waals surface area (Å²) in [4.78, 5) is 12.4. The van der Waals surface area contributed by atoms with Crippen LogP contribution in [0.3, 0.4) is 0 Å². The average molecular weight is 325 g/mol. The van der Waals surface area contributed by atoms with Crippen molar-refractivity contribution in [3.05, 3.63) is 47.3 Å². The highest BCUT2D eigenvalue weighted by Crippen LogP contribution is 2.26. The fraction of sp³-hybridized carbons (Fsp3) is 0.500. The normalized spacial score (nSPS) is 20.8. The molecule has 1 aliphatic carbocycles. The highest BCUT2D eigenvalue weighted by Gasteiger charge is 2.21. The predicted molar refractivity (Wildman–Crippen MR) is 96.5 cm³/mol. The van der Waals surface area contributed by atoms with E-state index in [-0.39, 0.29) is 5.91 Å². The molecule has 1 saturated carbocycles. The van der Waals surface area contributed by atoms with Crippen LogP contribution < -0.4 is 5.32 Å². The summed E-state index contributed by atoms with van der Waals surface area (Å²) in [6.07, 6.45) is 5.94. The van der Waals surface area contributed by atoms with Crippen molar-refractivity contribution in [2.24, 2.45) is 5.92 Å². The van der Waals surface area contributed by atoms with E-state index in [4.69, 9.17) is 0 Å². The van der Waals surface area contributed by atoms with Crippen molar-refractivity contribution in [2.75, 3.05) is 0 Å². The van der Waals surface area contributed by atoms with Crippen molar-refractivity contribution in [2.45, 2.75) is 58.9 Å². The molecule has 0 aliphatic heterocycles. The molecule has 3 rings (SSSR count). The van der Waals surface area contributed by atoms with Crippen LogP contribution in [0.5, 0.6) is 0 Å². The van der Waals surface area contributed by atoms with Crippen molar-refractivity contribution in [3.63, 3.8) is 0 Å². The monoisotopic (exact) mass is 325 g/mol. The van der Waals surface area contributed by atoms with Gasteiger partial charge in [0.15, 0.2) is 0 Å². The number of amides is 1. The number of aromatic nitrogens is 2. The van der Waals surface area contributed by atoms with Gasteiger partial charge in [-0.1, -0.05) is 13.3 Å². The Hall–Kier alpha value is -2.10. The molecule has 2 aromatic rings. The Labute approximate surface area is 144 Å². The molecule has 1 N–H and O–H groups in total. The lowest BCUT2D eigenvalue weighted by Gasteiger charge is -2.28. The van der Waals surface area contributed by atoms with Crippen molar-refractivity contribution in [1.29, 1.82) is 0 Å².